The van der Waals surface area contributed by atoms with Gasteiger partial charge in [0.2, 0.25) is 11.8 Å². The van der Waals surface area contributed by atoms with Gasteiger partial charge in [0.05, 0.1) is 0 Å². The Morgan fingerprint density at radius 3 is 2.57 bits per heavy atom. The zero-order chi connectivity index (χ0) is 15.5. The summed E-state index contributed by atoms with van der Waals surface area (Å²) in [5.41, 5.74) is -0.620. The van der Waals surface area contributed by atoms with Gasteiger partial charge in [-0.3, -0.25) is 9.59 Å². The molecule has 1 saturated carbocycles. The van der Waals surface area contributed by atoms with Crippen molar-refractivity contribution in [2.75, 3.05) is 32.5 Å². The lowest BCUT2D eigenvalue weighted by Gasteiger charge is -2.16. The van der Waals surface area contributed by atoms with E-state index in [-0.39, 0.29) is 11.8 Å². The van der Waals surface area contributed by atoms with Gasteiger partial charge in [0.1, 0.15) is 11.2 Å². The first-order valence-corrected chi connectivity index (χ1v) is 6.94. The highest BCUT2D eigenvalue weighted by Crippen LogP contribution is 2.46. The van der Waals surface area contributed by atoms with Crippen LogP contribution in [0.3, 0.4) is 0 Å². The van der Waals surface area contributed by atoms with Crippen LogP contribution >= 0.6 is 0 Å². The van der Waals surface area contributed by atoms with Crippen molar-refractivity contribution in [1.82, 2.24) is 10.2 Å². The molecule has 1 aliphatic rings. The highest BCUT2D eigenvalue weighted by atomic mass is 19.1. The average molecular weight is 293 g/mol. The Kier molecular flexibility index (Phi) is 4.57. The first-order valence-electron chi connectivity index (χ1n) is 6.94. The van der Waals surface area contributed by atoms with Crippen LogP contribution in [-0.2, 0) is 9.59 Å². The summed E-state index contributed by atoms with van der Waals surface area (Å²) < 4.78 is 13.1. The van der Waals surface area contributed by atoms with E-state index in [0.717, 1.165) is 0 Å². The maximum atomic E-state index is 13.1. The predicted molar refractivity (Wildman–Crippen MR) is 78.3 cm³/mol. The van der Waals surface area contributed by atoms with Crippen LogP contribution in [-0.4, -0.2) is 43.9 Å². The summed E-state index contributed by atoms with van der Waals surface area (Å²) in [6.07, 6.45) is 1.06. The molecule has 1 fully saturated rings. The molecule has 6 heteroatoms. The van der Waals surface area contributed by atoms with E-state index in [4.69, 9.17) is 0 Å². The molecule has 0 heterocycles. The van der Waals surface area contributed by atoms with Crippen molar-refractivity contribution in [1.29, 1.82) is 0 Å². The van der Waals surface area contributed by atoms with Gasteiger partial charge in [-0.15, -0.1) is 0 Å². The molecule has 0 bridgehead atoms. The summed E-state index contributed by atoms with van der Waals surface area (Å²) in [7, 11) is 3.82. The maximum Gasteiger partial charge on any atom is 0.240 e. The Bertz CT molecular complexity index is 541. The molecular weight excluding hydrogens is 273 g/mol. The van der Waals surface area contributed by atoms with Crippen molar-refractivity contribution in [3.8, 4) is 0 Å². The minimum Gasteiger partial charge on any atom is -0.354 e. The smallest absolute Gasteiger partial charge is 0.240 e. The summed E-state index contributed by atoms with van der Waals surface area (Å²) in [5.74, 6) is -1.04. The first-order chi connectivity index (χ1) is 9.94. The number of halogens is 1. The molecule has 0 atom stereocenters. The van der Waals surface area contributed by atoms with E-state index >= 15 is 0 Å². The highest BCUT2D eigenvalue weighted by Gasteiger charge is 2.56. The summed E-state index contributed by atoms with van der Waals surface area (Å²) in [5, 5.41) is 5.39. The summed E-state index contributed by atoms with van der Waals surface area (Å²) >= 11 is 0. The molecule has 0 spiro atoms. The minimum atomic E-state index is -0.987. The second-order valence-corrected chi connectivity index (χ2v) is 5.61. The molecule has 2 rings (SSSR count). The van der Waals surface area contributed by atoms with Gasteiger partial charge in [0.25, 0.3) is 0 Å². The molecule has 2 amide bonds. The lowest BCUT2D eigenvalue weighted by Crippen LogP contribution is -2.42. The predicted octanol–water partition coefficient (Wildman–Crippen LogP) is 1.22. The summed E-state index contributed by atoms with van der Waals surface area (Å²) in [6.45, 7) is 1.22. The van der Waals surface area contributed by atoms with Gasteiger partial charge in [0, 0.05) is 18.8 Å². The van der Waals surface area contributed by atoms with Gasteiger partial charge >= 0.3 is 0 Å². The van der Waals surface area contributed by atoms with Gasteiger partial charge in [-0.1, -0.05) is 6.07 Å². The van der Waals surface area contributed by atoms with Crippen molar-refractivity contribution >= 4 is 17.5 Å². The Morgan fingerprint density at radius 1 is 1.29 bits per heavy atom. The highest BCUT2D eigenvalue weighted by molar-refractivity contribution is 6.13. The van der Waals surface area contributed by atoms with Crippen LogP contribution < -0.4 is 10.6 Å². The SMILES string of the molecule is CN(C)CCNC(=O)C1(C(=O)Nc2cccc(F)c2)CC1. The van der Waals surface area contributed by atoms with Gasteiger partial charge in [-0.2, -0.15) is 0 Å². The largest absolute Gasteiger partial charge is 0.354 e. The zero-order valence-corrected chi connectivity index (χ0v) is 12.3. The van der Waals surface area contributed by atoms with Crippen molar-refractivity contribution in [3.63, 3.8) is 0 Å². The molecule has 1 aliphatic carbocycles. The second kappa shape index (κ2) is 6.22. The minimum absolute atomic E-state index is 0.252. The quantitative estimate of drug-likeness (QED) is 0.775. The molecule has 0 unspecified atom stereocenters. The third-order valence-electron chi connectivity index (χ3n) is 3.55. The molecule has 2 N–H and O–H groups in total. The van der Waals surface area contributed by atoms with Crippen LogP contribution in [0.5, 0.6) is 0 Å². The fraction of sp³-hybridized carbons (Fsp3) is 0.467. The number of carbonyl (C=O) groups is 2. The lowest BCUT2D eigenvalue weighted by atomic mass is 10.1. The number of benzene rings is 1. The number of amides is 2. The van der Waals surface area contributed by atoms with Crippen LogP contribution in [0.15, 0.2) is 24.3 Å². The molecule has 0 radical (unpaired) electrons. The van der Waals surface area contributed by atoms with Crippen molar-refractivity contribution in [2.45, 2.75) is 12.8 Å². The number of likely N-dealkylation sites (N-methyl/N-ethyl adjacent to an activating group) is 1. The van der Waals surface area contributed by atoms with E-state index in [1.165, 1.54) is 18.2 Å². The third-order valence-corrected chi connectivity index (χ3v) is 3.55. The summed E-state index contributed by atoms with van der Waals surface area (Å²) in [4.78, 5) is 26.3. The van der Waals surface area contributed by atoms with Crippen LogP contribution in [0, 0.1) is 11.2 Å². The van der Waals surface area contributed by atoms with E-state index in [2.05, 4.69) is 10.6 Å². The maximum absolute atomic E-state index is 13.1. The molecule has 5 nitrogen and oxygen atoms in total. The molecule has 114 valence electrons. The van der Waals surface area contributed by atoms with Crippen LogP contribution in [0.4, 0.5) is 10.1 Å². The van der Waals surface area contributed by atoms with Crippen molar-refractivity contribution in [3.05, 3.63) is 30.1 Å². The zero-order valence-electron chi connectivity index (χ0n) is 12.3. The Labute approximate surface area is 123 Å². The molecule has 0 aliphatic heterocycles. The van der Waals surface area contributed by atoms with Gasteiger partial charge in [-0.05, 0) is 45.1 Å². The van der Waals surface area contributed by atoms with Crippen LogP contribution in [0.2, 0.25) is 0 Å². The third kappa shape index (κ3) is 3.78. The molecule has 0 saturated heterocycles. The fourth-order valence-electron chi connectivity index (χ4n) is 2.06. The number of rotatable bonds is 6. The molecular formula is C15H20FN3O2. The number of hydrogen-bond donors (Lipinski definition) is 2. The monoisotopic (exact) mass is 293 g/mol. The van der Waals surface area contributed by atoms with Crippen LogP contribution in [0.1, 0.15) is 12.8 Å². The standard InChI is InChI=1S/C15H20FN3O2/c1-19(2)9-8-17-13(20)15(6-7-15)14(21)18-12-5-3-4-11(16)10-12/h3-5,10H,6-9H2,1-2H3,(H,17,20)(H,18,21). The molecule has 1 aromatic carbocycles. The lowest BCUT2D eigenvalue weighted by molar-refractivity contribution is -0.134. The normalized spacial score (nSPS) is 15.6. The van der Waals surface area contributed by atoms with Crippen molar-refractivity contribution < 1.29 is 14.0 Å². The Hall–Kier alpha value is -1.95. The van der Waals surface area contributed by atoms with E-state index in [1.54, 1.807) is 6.07 Å². The topological polar surface area (TPSA) is 61.4 Å². The molecule has 0 aromatic heterocycles. The van der Waals surface area contributed by atoms with E-state index in [1.807, 2.05) is 19.0 Å². The number of nitrogens with zero attached hydrogens (tertiary/aromatic N) is 1. The summed E-state index contributed by atoms with van der Waals surface area (Å²) in [6, 6.07) is 5.65. The first kappa shape index (κ1) is 15.4. The molecule has 21 heavy (non-hydrogen) atoms. The average Bonchev–Trinajstić information content (AvgIpc) is 3.19. The number of hydrogen-bond acceptors (Lipinski definition) is 3. The Balaban J connectivity index is 1.93. The number of nitrogens with one attached hydrogen (secondary N) is 2. The number of anilines is 1. The van der Waals surface area contributed by atoms with E-state index < -0.39 is 11.2 Å². The number of carbonyl (C=O) groups excluding carboxylic acids is 2. The van der Waals surface area contributed by atoms with Crippen LogP contribution in [0.25, 0.3) is 0 Å². The second-order valence-electron chi connectivity index (χ2n) is 5.61. The van der Waals surface area contributed by atoms with Crippen molar-refractivity contribution in [2.24, 2.45) is 5.41 Å². The van der Waals surface area contributed by atoms with Gasteiger partial charge < -0.3 is 15.5 Å². The van der Waals surface area contributed by atoms with Gasteiger partial charge in [-0.25, -0.2) is 4.39 Å². The van der Waals surface area contributed by atoms with E-state index in [9.17, 15) is 14.0 Å². The van der Waals surface area contributed by atoms with Gasteiger partial charge in [0.15, 0.2) is 0 Å². The Morgan fingerprint density at radius 2 is 2.00 bits per heavy atom. The van der Waals surface area contributed by atoms with E-state index in [0.29, 0.717) is 31.6 Å². The molecule has 1 aromatic rings. The fourth-order valence-corrected chi connectivity index (χ4v) is 2.06.